The van der Waals surface area contributed by atoms with Crippen LogP contribution >= 0.6 is 11.6 Å². The number of rotatable bonds is 3. The van der Waals surface area contributed by atoms with E-state index in [2.05, 4.69) is 9.88 Å². The van der Waals surface area contributed by atoms with Crippen LogP contribution in [0.15, 0.2) is 28.7 Å². The standard InChI is InChI=1S/C19H21ClN4O3/c1-12-15(21-18(27-12)13-5-3-4-6-14(13)20)9-23-7-8-24-16(10-23)19(26)22(2)11-17(24)25/h3-6,16H,7-11H2,1-2H3/t16-/m1/s1. The third-order valence-electron chi connectivity index (χ3n) is 5.19. The minimum Gasteiger partial charge on any atom is -0.441 e. The van der Waals surface area contributed by atoms with Crippen LogP contribution in [0.5, 0.6) is 0 Å². The molecule has 4 rings (SSSR count). The Morgan fingerprint density at radius 1 is 1.26 bits per heavy atom. The Bertz CT molecular complexity index is 897. The lowest BCUT2D eigenvalue weighted by Crippen LogP contribution is -2.65. The van der Waals surface area contributed by atoms with Crippen LogP contribution in [0.3, 0.4) is 0 Å². The summed E-state index contributed by atoms with van der Waals surface area (Å²) < 4.78 is 5.82. The SMILES string of the molecule is Cc1oc(-c2ccccc2Cl)nc1CN1CCN2C(=O)CN(C)C(=O)[C@H]2C1. The predicted molar refractivity (Wildman–Crippen MR) is 100 cm³/mol. The van der Waals surface area contributed by atoms with Crippen molar-refractivity contribution in [3.8, 4) is 11.5 Å². The Hall–Kier alpha value is -2.38. The highest BCUT2D eigenvalue weighted by Crippen LogP contribution is 2.29. The van der Waals surface area contributed by atoms with E-state index in [0.717, 1.165) is 17.0 Å². The minimum atomic E-state index is -0.416. The molecule has 2 aromatic rings. The van der Waals surface area contributed by atoms with Crippen LogP contribution in [0.25, 0.3) is 11.5 Å². The first kappa shape index (κ1) is 18.0. The van der Waals surface area contributed by atoms with Gasteiger partial charge in [0.25, 0.3) is 0 Å². The molecule has 7 nitrogen and oxygen atoms in total. The maximum atomic E-state index is 12.5. The third kappa shape index (κ3) is 3.33. The van der Waals surface area contributed by atoms with Gasteiger partial charge in [0.05, 0.1) is 22.8 Å². The maximum absolute atomic E-state index is 12.5. The molecule has 27 heavy (non-hydrogen) atoms. The van der Waals surface area contributed by atoms with E-state index >= 15 is 0 Å². The van der Waals surface area contributed by atoms with Gasteiger partial charge in [-0.05, 0) is 19.1 Å². The van der Waals surface area contributed by atoms with Crippen LogP contribution in [-0.4, -0.2) is 70.8 Å². The van der Waals surface area contributed by atoms with Gasteiger partial charge in [0.2, 0.25) is 17.7 Å². The Labute approximate surface area is 162 Å². The van der Waals surface area contributed by atoms with Gasteiger partial charge in [0.1, 0.15) is 11.8 Å². The number of piperazine rings is 2. The van der Waals surface area contributed by atoms with Crippen molar-refractivity contribution in [2.75, 3.05) is 33.2 Å². The van der Waals surface area contributed by atoms with Crippen molar-refractivity contribution in [1.82, 2.24) is 19.7 Å². The van der Waals surface area contributed by atoms with Gasteiger partial charge in [-0.25, -0.2) is 4.98 Å². The number of aromatic nitrogens is 1. The van der Waals surface area contributed by atoms with E-state index in [1.807, 2.05) is 25.1 Å². The second-order valence-electron chi connectivity index (χ2n) is 7.03. The Morgan fingerprint density at radius 3 is 2.81 bits per heavy atom. The Morgan fingerprint density at radius 2 is 2.04 bits per heavy atom. The number of amides is 2. The zero-order valence-electron chi connectivity index (χ0n) is 15.3. The molecule has 0 N–H and O–H groups in total. The molecule has 3 heterocycles. The van der Waals surface area contributed by atoms with Crippen LogP contribution in [0, 0.1) is 6.92 Å². The third-order valence-corrected chi connectivity index (χ3v) is 5.52. The molecule has 2 saturated heterocycles. The molecular formula is C19H21ClN4O3. The van der Waals surface area contributed by atoms with Crippen molar-refractivity contribution in [2.45, 2.75) is 19.5 Å². The second kappa shape index (κ2) is 6.98. The van der Waals surface area contributed by atoms with Gasteiger partial charge in [0.15, 0.2) is 0 Å². The van der Waals surface area contributed by atoms with Crippen LogP contribution < -0.4 is 0 Å². The van der Waals surface area contributed by atoms with Gasteiger partial charge < -0.3 is 14.2 Å². The molecule has 2 aliphatic rings. The van der Waals surface area contributed by atoms with Gasteiger partial charge in [-0.15, -0.1) is 0 Å². The molecule has 0 radical (unpaired) electrons. The number of fused-ring (bicyclic) bond motifs is 1. The number of hydrogen-bond donors (Lipinski definition) is 0. The van der Waals surface area contributed by atoms with Crippen LogP contribution in [0.4, 0.5) is 0 Å². The number of carbonyl (C=O) groups is 2. The highest BCUT2D eigenvalue weighted by molar-refractivity contribution is 6.33. The Kier molecular flexibility index (Phi) is 4.65. The highest BCUT2D eigenvalue weighted by atomic mass is 35.5. The molecule has 1 atom stereocenters. The molecule has 0 aliphatic carbocycles. The summed E-state index contributed by atoms with van der Waals surface area (Å²) in [4.78, 5) is 34.6. The molecule has 2 fully saturated rings. The first-order chi connectivity index (χ1) is 12.9. The van der Waals surface area contributed by atoms with E-state index in [4.69, 9.17) is 16.0 Å². The van der Waals surface area contributed by atoms with E-state index in [1.165, 1.54) is 4.90 Å². The van der Waals surface area contributed by atoms with Gasteiger partial charge in [-0.2, -0.15) is 0 Å². The number of oxazole rings is 1. The van der Waals surface area contributed by atoms with E-state index in [0.29, 0.717) is 37.1 Å². The van der Waals surface area contributed by atoms with Crippen molar-refractivity contribution in [3.05, 3.63) is 40.7 Å². The molecular weight excluding hydrogens is 368 g/mol. The number of carbonyl (C=O) groups excluding carboxylic acids is 2. The zero-order chi connectivity index (χ0) is 19.1. The maximum Gasteiger partial charge on any atom is 0.246 e. The van der Waals surface area contributed by atoms with Gasteiger partial charge in [-0.1, -0.05) is 23.7 Å². The largest absolute Gasteiger partial charge is 0.441 e. The van der Waals surface area contributed by atoms with Crippen molar-refractivity contribution in [1.29, 1.82) is 0 Å². The summed E-state index contributed by atoms with van der Waals surface area (Å²) in [5.74, 6) is 1.24. The smallest absolute Gasteiger partial charge is 0.246 e. The summed E-state index contributed by atoms with van der Waals surface area (Å²) in [5.41, 5.74) is 1.58. The van der Waals surface area contributed by atoms with Crippen molar-refractivity contribution in [3.63, 3.8) is 0 Å². The molecule has 142 valence electrons. The average Bonchev–Trinajstić information content (AvgIpc) is 3.00. The number of nitrogens with zero attached hydrogens (tertiary/aromatic N) is 4. The van der Waals surface area contributed by atoms with E-state index in [-0.39, 0.29) is 18.4 Å². The molecule has 0 spiro atoms. The summed E-state index contributed by atoms with van der Waals surface area (Å²) in [6.07, 6.45) is 0. The lowest BCUT2D eigenvalue weighted by molar-refractivity contribution is -0.158. The number of likely N-dealkylation sites (N-methyl/N-ethyl adjacent to an activating group) is 1. The number of benzene rings is 1. The quantitative estimate of drug-likeness (QED) is 0.801. The predicted octanol–water partition coefficient (Wildman–Crippen LogP) is 1.79. The van der Waals surface area contributed by atoms with Crippen molar-refractivity contribution >= 4 is 23.4 Å². The average molecular weight is 389 g/mol. The van der Waals surface area contributed by atoms with Crippen LogP contribution in [0.2, 0.25) is 5.02 Å². The number of hydrogen-bond acceptors (Lipinski definition) is 5. The monoisotopic (exact) mass is 388 g/mol. The fourth-order valence-electron chi connectivity index (χ4n) is 3.66. The van der Waals surface area contributed by atoms with Crippen LogP contribution in [-0.2, 0) is 16.1 Å². The summed E-state index contributed by atoms with van der Waals surface area (Å²) in [5, 5.41) is 0.591. The molecule has 8 heteroatoms. The van der Waals surface area contributed by atoms with Crippen LogP contribution in [0.1, 0.15) is 11.5 Å². The summed E-state index contributed by atoms with van der Waals surface area (Å²) in [6, 6.07) is 7.01. The fraction of sp³-hybridized carbons (Fsp3) is 0.421. The lowest BCUT2D eigenvalue weighted by atomic mass is 10.1. The first-order valence-corrected chi connectivity index (χ1v) is 9.30. The number of aryl methyl sites for hydroxylation is 1. The molecule has 1 aromatic heterocycles. The molecule has 2 amide bonds. The van der Waals surface area contributed by atoms with Crippen molar-refractivity contribution in [2.24, 2.45) is 0 Å². The summed E-state index contributed by atoms with van der Waals surface area (Å²) >= 11 is 6.24. The van der Waals surface area contributed by atoms with E-state index in [9.17, 15) is 9.59 Å². The summed E-state index contributed by atoms with van der Waals surface area (Å²) in [6.45, 7) is 4.36. The van der Waals surface area contributed by atoms with E-state index < -0.39 is 6.04 Å². The fourth-order valence-corrected chi connectivity index (χ4v) is 3.87. The normalized spacial score (nSPS) is 20.9. The van der Waals surface area contributed by atoms with Gasteiger partial charge in [0, 0.05) is 33.2 Å². The van der Waals surface area contributed by atoms with Gasteiger partial charge in [-0.3, -0.25) is 14.5 Å². The highest BCUT2D eigenvalue weighted by Gasteiger charge is 2.41. The second-order valence-corrected chi connectivity index (χ2v) is 7.44. The van der Waals surface area contributed by atoms with Gasteiger partial charge >= 0.3 is 0 Å². The molecule has 0 saturated carbocycles. The first-order valence-electron chi connectivity index (χ1n) is 8.92. The zero-order valence-corrected chi connectivity index (χ0v) is 16.1. The van der Waals surface area contributed by atoms with E-state index in [1.54, 1.807) is 18.0 Å². The summed E-state index contributed by atoms with van der Waals surface area (Å²) in [7, 11) is 1.67. The van der Waals surface area contributed by atoms with Crippen molar-refractivity contribution < 1.29 is 14.0 Å². The molecule has 1 aromatic carbocycles. The molecule has 0 bridgehead atoms. The molecule has 2 aliphatic heterocycles. The lowest BCUT2D eigenvalue weighted by Gasteiger charge is -2.45. The number of halogens is 1. The topological polar surface area (TPSA) is 69.9 Å². The Balaban J connectivity index is 1.51. The minimum absolute atomic E-state index is 0.00655. The molecule has 0 unspecified atom stereocenters.